The smallest absolute Gasteiger partial charge is 0.233 e. The fourth-order valence-electron chi connectivity index (χ4n) is 3.12. The Labute approximate surface area is 176 Å². The molecule has 0 spiro atoms. The van der Waals surface area contributed by atoms with Crippen LogP contribution >= 0.6 is 11.8 Å². The summed E-state index contributed by atoms with van der Waals surface area (Å²) in [5.41, 5.74) is 2.07. The van der Waals surface area contributed by atoms with Crippen molar-refractivity contribution in [1.82, 2.24) is 19.7 Å². The number of methoxy groups -OCH3 is 2. The second-order valence-electron chi connectivity index (χ2n) is 7.19. The highest BCUT2D eigenvalue weighted by molar-refractivity contribution is 7.99. The first-order valence-corrected chi connectivity index (χ1v) is 10.6. The number of rotatable bonds is 10. The highest BCUT2D eigenvalue weighted by Crippen LogP contribution is 2.40. The van der Waals surface area contributed by atoms with Crippen LogP contribution in [0.3, 0.4) is 0 Å². The van der Waals surface area contributed by atoms with Gasteiger partial charge < -0.3 is 18.9 Å². The molecule has 0 atom stereocenters. The molecule has 2 aromatic rings. The molecule has 0 N–H and O–H groups in total. The topological polar surface area (TPSA) is 69.5 Å². The number of thioether (sulfide) groups is 1. The highest BCUT2D eigenvalue weighted by Gasteiger charge is 2.30. The van der Waals surface area contributed by atoms with E-state index in [1.165, 1.54) is 11.8 Å². The van der Waals surface area contributed by atoms with Gasteiger partial charge in [-0.25, -0.2) is 0 Å². The summed E-state index contributed by atoms with van der Waals surface area (Å²) >= 11 is 1.42. The molecule has 0 saturated heterocycles. The van der Waals surface area contributed by atoms with Crippen LogP contribution in [0.4, 0.5) is 0 Å². The normalized spacial score (nSPS) is 13.2. The molecule has 1 aliphatic carbocycles. The molecule has 1 aromatic heterocycles. The average Bonchev–Trinajstić information content (AvgIpc) is 3.49. The van der Waals surface area contributed by atoms with Crippen molar-refractivity contribution in [3.8, 4) is 11.5 Å². The van der Waals surface area contributed by atoms with E-state index in [2.05, 4.69) is 21.3 Å². The molecule has 1 fully saturated rings. The van der Waals surface area contributed by atoms with Crippen LogP contribution in [0.1, 0.15) is 35.7 Å². The zero-order valence-electron chi connectivity index (χ0n) is 17.5. The zero-order chi connectivity index (χ0) is 21.0. The van der Waals surface area contributed by atoms with Gasteiger partial charge in [-0.2, -0.15) is 0 Å². The monoisotopic (exact) mass is 416 g/mol. The maximum absolute atomic E-state index is 12.7. The molecule has 1 heterocycles. The van der Waals surface area contributed by atoms with E-state index in [9.17, 15) is 4.79 Å². The summed E-state index contributed by atoms with van der Waals surface area (Å²) in [5, 5.41) is 9.40. The SMILES string of the molecule is C=CCn1c(SCC(=O)N(C)Cc2cc(OC)c(OC)cc2C)nnc1C1CC1. The van der Waals surface area contributed by atoms with Gasteiger partial charge in [0, 0.05) is 26.1 Å². The van der Waals surface area contributed by atoms with Crippen molar-refractivity contribution in [3.63, 3.8) is 0 Å². The molecule has 29 heavy (non-hydrogen) atoms. The van der Waals surface area contributed by atoms with Crippen LogP contribution in [0, 0.1) is 6.92 Å². The molecule has 7 nitrogen and oxygen atoms in total. The summed E-state index contributed by atoms with van der Waals surface area (Å²) in [7, 11) is 5.03. The van der Waals surface area contributed by atoms with Crippen molar-refractivity contribution in [2.75, 3.05) is 27.0 Å². The number of nitrogens with zero attached hydrogens (tertiary/aromatic N) is 4. The van der Waals surface area contributed by atoms with E-state index in [1.54, 1.807) is 19.1 Å². The lowest BCUT2D eigenvalue weighted by Gasteiger charge is -2.20. The predicted octanol–water partition coefficient (Wildman–Crippen LogP) is 3.42. The Balaban J connectivity index is 1.64. The molecule has 0 bridgehead atoms. The van der Waals surface area contributed by atoms with E-state index in [1.807, 2.05) is 32.2 Å². The van der Waals surface area contributed by atoms with E-state index in [0.717, 1.165) is 34.9 Å². The molecular weight excluding hydrogens is 388 g/mol. The largest absolute Gasteiger partial charge is 0.493 e. The third kappa shape index (κ3) is 4.93. The first kappa shape index (κ1) is 21.2. The Bertz CT molecular complexity index is 892. The maximum Gasteiger partial charge on any atom is 0.233 e. The number of ether oxygens (including phenoxy) is 2. The standard InChI is InChI=1S/C21H28N4O3S/c1-6-9-25-20(15-7-8-15)22-23-21(25)29-13-19(26)24(3)12-16-11-18(28-5)17(27-4)10-14(16)2/h6,10-11,15H,1,7-9,12-13H2,2-5H3. The highest BCUT2D eigenvalue weighted by atomic mass is 32.2. The third-order valence-corrected chi connectivity index (χ3v) is 5.95. The van der Waals surface area contributed by atoms with Crippen LogP contribution in [0.2, 0.25) is 0 Å². The number of carbonyl (C=O) groups is 1. The van der Waals surface area contributed by atoms with Gasteiger partial charge in [-0.1, -0.05) is 17.8 Å². The number of hydrogen-bond acceptors (Lipinski definition) is 6. The van der Waals surface area contributed by atoms with Crippen molar-refractivity contribution in [2.24, 2.45) is 0 Å². The van der Waals surface area contributed by atoms with Gasteiger partial charge in [-0.05, 0) is 43.0 Å². The molecule has 8 heteroatoms. The van der Waals surface area contributed by atoms with Gasteiger partial charge in [0.15, 0.2) is 16.7 Å². The van der Waals surface area contributed by atoms with Crippen molar-refractivity contribution in [1.29, 1.82) is 0 Å². The van der Waals surface area contributed by atoms with Gasteiger partial charge in [0.2, 0.25) is 5.91 Å². The second-order valence-corrected chi connectivity index (χ2v) is 8.13. The zero-order valence-corrected chi connectivity index (χ0v) is 18.3. The van der Waals surface area contributed by atoms with Crippen molar-refractivity contribution in [2.45, 2.75) is 43.9 Å². The number of hydrogen-bond donors (Lipinski definition) is 0. The first-order valence-electron chi connectivity index (χ1n) is 9.60. The van der Waals surface area contributed by atoms with E-state index in [-0.39, 0.29) is 5.91 Å². The lowest BCUT2D eigenvalue weighted by Crippen LogP contribution is -2.28. The number of carbonyl (C=O) groups excluding carboxylic acids is 1. The maximum atomic E-state index is 12.7. The van der Waals surface area contributed by atoms with Crippen LogP contribution in [-0.2, 0) is 17.9 Å². The average molecular weight is 417 g/mol. The molecule has 3 rings (SSSR count). The molecule has 1 aliphatic rings. The molecule has 0 unspecified atom stereocenters. The van der Waals surface area contributed by atoms with Crippen LogP contribution in [-0.4, -0.2) is 52.6 Å². The Kier molecular flexibility index (Phi) is 6.84. The molecule has 1 aromatic carbocycles. The van der Waals surface area contributed by atoms with Crippen molar-refractivity contribution < 1.29 is 14.3 Å². The molecule has 1 amide bonds. The van der Waals surface area contributed by atoms with Gasteiger partial charge in [0.05, 0.1) is 20.0 Å². The van der Waals surface area contributed by atoms with Gasteiger partial charge in [-0.15, -0.1) is 16.8 Å². The Morgan fingerprint density at radius 2 is 2.00 bits per heavy atom. The third-order valence-electron chi connectivity index (χ3n) is 5.00. The molecular formula is C21H28N4O3S. The van der Waals surface area contributed by atoms with Gasteiger partial charge in [0.25, 0.3) is 0 Å². The van der Waals surface area contributed by atoms with Crippen molar-refractivity contribution in [3.05, 3.63) is 41.7 Å². The van der Waals surface area contributed by atoms with Gasteiger partial charge in [-0.3, -0.25) is 4.79 Å². The fraction of sp³-hybridized carbons (Fsp3) is 0.476. The van der Waals surface area contributed by atoms with Crippen LogP contribution in [0.25, 0.3) is 0 Å². The minimum absolute atomic E-state index is 0.0327. The summed E-state index contributed by atoms with van der Waals surface area (Å²) in [5.74, 6) is 3.20. The van der Waals surface area contributed by atoms with E-state index in [4.69, 9.17) is 9.47 Å². The molecule has 1 saturated carbocycles. The second kappa shape index (κ2) is 9.35. The number of amides is 1. The predicted molar refractivity (Wildman–Crippen MR) is 114 cm³/mol. The Morgan fingerprint density at radius 3 is 2.62 bits per heavy atom. The number of aromatic nitrogens is 3. The number of allylic oxidation sites excluding steroid dienone is 1. The summed E-state index contributed by atoms with van der Waals surface area (Å²) in [6.45, 7) is 6.99. The summed E-state index contributed by atoms with van der Waals surface area (Å²) in [4.78, 5) is 14.4. The number of aryl methyl sites for hydroxylation is 1. The number of benzene rings is 1. The summed E-state index contributed by atoms with van der Waals surface area (Å²) < 4.78 is 12.8. The fourth-order valence-corrected chi connectivity index (χ4v) is 4.02. The van der Waals surface area contributed by atoms with Crippen molar-refractivity contribution >= 4 is 17.7 Å². The van der Waals surface area contributed by atoms with Gasteiger partial charge in [0.1, 0.15) is 5.82 Å². The van der Waals surface area contributed by atoms with E-state index >= 15 is 0 Å². The lowest BCUT2D eigenvalue weighted by atomic mass is 10.1. The lowest BCUT2D eigenvalue weighted by molar-refractivity contribution is -0.127. The quantitative estimate of drug-likeness (QED) is 0.437. The minimum Gasteiger partial charge on any atom is -0.493 e. The van der Waals surface area contributed by atoms with Crippen LogP contribution in [0.15, 0.2) is 29.9 Å². The Morgan fingerprint density at radius 1 is 1.31 bits per heavy atom. The van der Waals surface area contributed by atoms with Gasteiger partial charge >= 0.3 is 0 Å². The van der Waals surface area contributed by atoms with E-state index < -0.39 is 0 Å². The minimum atomic E-state index is 0.0327. The molecule has 0 radical (unpaired) electrons. The first-order chi connectivity index (χ1) is 14.0. The van der Waals surface area contributed by atoms with Crippen LogP contribution < -0.4 is 9.47 Å². The molecule has 0 aliphatic heterocycles. The van der Waals surface area contributed by atoms with Crippen LogP contribution in [0.5, 0.6) is 11.5 Å². The summed E-state index contributed by atoms with van der Waals surface area (Å²) in [6.07, 6.45) is 4.16. The summed E-state index contributed by atoms with van der Waals surface area (Å²) in [6, 6.07) is 3.85. The van der Waals surface area contributed by atoms with E-state index in [0.29, 0.717) is 36.3 Å². The molecule has 156 valence electrons. The Hall–Kier alpha value is -2.48.